The van der Waals surface area contributed by atoms with Crippen molar-refractivity contribution in [2.75, 3.05) is 7.11 Å². The summed E-state index contributed by atoms with van der Waals surface area (Å²) in [4.78, 5) is 4.18. The average Bonchev–Trinajstić information content (AvgIpc) is 2.41. The monoisotopic (exact) mass is 371 g/mol. The van der Waals surface area contributed by atoms with E-state index in [-0.39, 0.29) is 0 Å². The molecular formula is C13H11Br2NO2. The highest BCUT2D eigenvalue weighted by Crippen LogP contribution is 2.31. The van der Waals surface area contributed by atoms with Crippen LogP contribution in [0.3, 0.4) is 0 Å². The molecule has 1 aromatic heterocycles. The first-order valence-corrected chi connectivity index (χ1v) is 6.84. The number of ether oxygens (including phenoxy) is 1. The van der Waals surface area contributed by atoms with Crippen molar-refractivity contribution in [2.24, 2.45) is 0 Å². The lowest BCUT2D eigenvalue weighted by atomic mass is 10.1. The molecule has 3 nitrogen and oxygen atoms in total. The molecule has 1 unspecified atom stereocenters. The lowest BCUT2D eigenvalue weighted by Crippen LogP contribution is -2.04. The van der Waals surface area contributed by atoms with Crippen LogP contribution in [-0.2, 0) is 0 Å². The largest absolute Gasteiger partial charge is 0.495 e. The highest BCUT2D eigenvalue weighted by atomic mass is 79.9. The third-order valence-electron chi connectivity index (χ3n) is 2.54. The summed E-state index contributed by atoms with van der Waals surface area (Å²) >= 11 is 6.81. The number of methoxy groups -OCH3 is 1. The molecule has 2 aromatic rings. The minimum absolute atomic E-state index is 0.509. The first-order valence-electron chi connectivity index (χ1n) is 5.25. The van der Waals surface area contributed by atoms with Crippen LogP contribution in [0.5, 0.6) is 5.75 Å². The van der Waals surface area contributed by atoms with Crippen LogP contribution in [0, 0.1) is 0 Å². The van der Waals surface area contributed by atoms with Gasteiger partial charge >= 0.3 is 0 Å². The predicted molar refractivity (Wildman–Crippen MR) is 76.7 cm³/mol. The molecule has 1 N–H and O–H groups in total. The van der Waals surface area contributed by atoms with Gasteiger partial charge in [0, 0.05) is 15.1 Å². The molecule has 18 heavy (non-hydrogen) atoms. The minimum atomic E-state index is -0.814. The van der Waals surface area contributed by atoms with Gasteiger partial charge in [-0.05, 0) is 61.7 Å². The summed E-state index contributed by atoms with van der Waals surface area (Å²) in [5.41, 5.74) is 1.26. The fraction of sp³-hybridized carbons (Fsp3) is 0.154. The van der Waals surface area contributed by atoms with Crippen LogP contribution in [0.4, 0.5) is 0 Å². The van der Waals surface area contributed by atoms with Gasteiger partial charge < -0.3 is 9.84 Å². The van der Waals surface area contributed by atoms with E-state index in [2.05, 4.69) is 36.8 Å². The molecule has 2 rings (SSSR count). The van der Waals surface area contributed by atoms with Crippen LogP contribution < -0.4 is 4.74 Å². The molecule has 1 aromatic carbocycles. The van der Waals surface area contributed by atoms with E-state index < -0.39 is 6.10 Å². The second-order valence-electron chi connectivity index (χ2n) is 3.67. The van der Waals surface area contributed by atoms with Gasteiger partial charge in [0.1, 0.15) is 17.5 Å². The maximum Gasteiger partial charge on any atom is 0.143 e. The molecular weight excluding hydrogens is 362 g/mol. The number of pyridine rings is 1. The Balaban J connectivity index is 2.41. The molecule has 0 aliphatic rings. The predicted octanol–water partition coefficient (Wildman–Crippen LogP) is 3.70. The Kier molecular flexibility index (Phi) is 4.37. The molecule has 0 amide bonds. The molecule has 94 valence electrons. The Morgan fingerprint density at radius 1 is 1.22 bits per heavy atom. The summed E-state index contributed by atoms with van der Waals surface area (Å²) in [5, 5.41) is 10.3. The topological polar surface area (TPSA) is 42.4 Å². The third-order valence-corrected chi connectivity index (χ3v) is 4.42. The van der Waals surface area contributed by atoms with Crippen LogP contribution in [0.2, 0.25) is 0 Å². The summed E-state index contributed by atoms with van der Waals surface area (Å²) in [7, 11) is 1.56. The summed E-state index contributed by atoms with van der Waals surface area (Å²) in [6, 6.07) is 9.11. The molecule has 0 aliphatic carbocycles. The van der Waals surface area contributed by atoms with E-state index in [0.717, 1.165) is 14.5 Å². The van der Waals surface area contributed by atoms with E-state index in [1.165, 1.54) is 0 Å². The van der Waals surface area contributed by atoms with Crippen LogP contribution >= 0.6 is 31.9 Å². The SMILES string of the molecule is COc1cccnc1C(O)c1ccc(Br)c(Br)c1. The van der Waals surface area contributed by atoms with Gasteiger partial charge in [0.2, 0.25) is 0 Å². The standard InChI is InChI=1S/C13H11Br2NO2/c1-18-11-3-2-6-16-12(11)13(17)8-4-5-9(14)10(15)7-8/h2-7,13,17H,1H3. The van der Waals surface area contributed by atoms with Crippen LogP contribution in [0.15, 0.2) is 45.5 Å². The summed E-state index contributed by atoms with van der Waals surface area (Å²) in [6.45, 7) is 0. The van der Waals surface area contributed by atoms with E-state index in [1.807, 2.05) is 18.2 Å². The molecule has 0 saturated heterocycles. The van der Waals surface area contributed by atoms with Gasteiger partial charge in [0.15, 0.2) is 0 Å². The fourth-order valence-corrected chi connectivity index (χ4v) is 2.26. The van der Waals surface area contributed by atoms with Crippen molar-refractivity contribution in [2.45, 2.75) is 6.10 Å². The van der Waals surface area contributed by atoms with Gasteiger partial charge in [-0.3, -0.25) is 4.98 Å². The number of halogens is 2. The zero-order valence-electron chi connectivity index (χ0n) is 9.60. The molecule has 0 aliphatic heterocycles. The van der Waals surface area contributed by atoms with Crippen LogP contribution in [-0.4, -0.2) is 17.2 Å². The van der Waals surface area contributed by atoms with Gasteiger partial charge in [-0.2, -0.15) is 0 Å². The van der Waals surface area contributed by atoms with E-state index >= 15 is 0 Å². The van der Waals surface area contributed by atoms with E-state index in [9.17, 15) is 5.11 Å². The van der Waals surface area contributed by atoms with Crippen molar-refractivity contribution in [3.8, 4) is 5.75 Å². The maximum atomic E-state index is 10.3. The quantitative estimate of drug-likeness (QED) is 0.893. The normalized spacial score (nSPS) is 12.2. The first-order chi connectivity index (χ1) is 8.63. The number of nitrogens with zero attached hydrogens (tertiary/aromatic N) is 1. The highest BCUT2D eigenvalue weighted by molar-refractivity contribution is 9.13. The van der Waals surface area contributed by atoms with Gasteiger partial charge in [-0.1, -0.05) is 6.07 Å². The smallest absolute Gasteiger partial charge is 0.143 e. The summed E-state index contributed by atoms with van der Waals surface area (Å²) in [5.74, 6) is 0.573. The van der Waals surface area contributed by atoms with Crippen LogP contribution in [0.25, 0.3) is 0 Å². The molecule has 0 fully saturated rings. The maximum absolute atomic E-state index is 10.3. The van der Waals surface area contributed by atoms with E-state index in [1.54, 1.807) is 25.4 Å². The molecule has 0 spiro atoms. The highest BCUT2D eigenvalue weighted by Gasteiger charge is 2.17. The van der Waals surface area contributed by atoms with Gasteiger partial charge in [0.05, 0.1) is 7.11 Å². The number of rotatable bonds is 3. The van der Waals surface area contributed by atoms with Gasteiger partial charge in [0.25, 0.3) is 0 Å². The Morgan fingerprint density at radius 3 is 2.67 bits per heavy atom. The van der Waals surface area contributed by atoms with Crippen molar-refractivity contribution >= 4 is 31.9 Å². The average molecular weight is 373 g/mol. The van der Waals surface area contributed by atoms with Crippen molar-refractivity contribution in [1.29, 1.82) is 0 Å². The number of hydrogen-bond donors (Lipinski definition) is 1. The molecule has 1 heterocycles. The Bertz CT molecular complexity index is 560. The number of aromatic nitrogens is 1. The zero-order valence-corrected chi connectivity index (χ0v) is 12.8. The molecule has 5 heteroatoms. The van der Waals surface area contributed by atoms with E-state index in [4.69, 9.17) is 4.74 Å². The second-order valence-corrected chi connectivity index (χ2v) is 5.38. The van der Waals surface area contributed by atoms with Gasteiger partial charge in [-0.25, -0.2) is 0 Å². The summed E-state index contributed by atoms with van der Waals surface area (Å²) in [6.07, 6.45) is 0.820. The van der Waals surface area contributed by atoms with Crippen LogP contribution in [0.1, 0.15) is 17.4 Å². The van der Waals surface area contributed by atoms with Crippen molar-refractivity contribution < 1.29 is 9.84 Å². The molecule has 0 saturated carbocycles. The lowest BCUT2D eigenvalue weighted by Gasteiger charge is -2.14. The Labute approximate surface area is 122 Å². The fourth-order valence-electron chi connectivity index (χ4n) is 1.62. The van der Waals surface area contributed by atoms with Crippen molar-refractivity contribution in [1.82, 2.24) is 4.98 Å². The lowest BCUT2D eigenvalue weighted by molar-refractivity contribution is 0.209. The number of benzene rings is 1. The number of hydrogen-bond acceptors (Lipinski definition) is 3. The minimum Gasteiger partial charge on any atom is -0.495 e. The molecule has 0 bridgehead atoms. The third kappa shape index (κ3) is 2.74. The molecule has 1 atom stereocenters. The van der Waals surface area contributed by atoms with Gasteiger partial charge in [-0.15, -0.1) is 0 Å². The Hall–Kier alpha value is -0.910. The zero-order chi connectivity index (χ0) is 13.1. The number of aliphatic hydroxyl groups is 1. The number of aliphatic hydroxyl groups excluding tert-OH is 1. The Morgan fingerprint density at radius 2 is 2.00 bits per heavy atom. The first kappa shape index (κ1) is 13.5. The van der Waals surface area contributed by atoms with Crippen molar-refractivity contribution in [3.05, 3.63) is 56.7 Å². The van der Waals surface area contributed by atoms with Crippen molar-refractivity contribution in [3.63, 3.8) is 0 Å². The summed E-state index contributed by atoms with van der Waals surface area (Å²) < 4.78 is 7.02. The van der Waals surface area contributed by atoms with E-state index in [0.29, 0.717) is 11.4 Å². The second kappa shape index (κ2) is 5.82. The molecule has 0 radical (unpaired) electrons.